The standard InChI is InChI=1S/C36H38FN3O6S/c1-2-3-20-38-36(42)32(23-27-10-6-4-7-11-27)39(25-28-14-16-29(37)17-15-28)35(41)26-40(47(43,44)31-12-8-5-9-13-31)30-18-19-33-34(24-30)46-22-21-45-33/h4-19,24,32H,2-3,20-23,25-26H2,1H3,(H,38,42)/t32-/m0/s1. The summed E-state index contributed by atoms with van der Waals surface area (Å²) in [4.78, 5) is 29.7. The molecule has 1 aliphatic heterocycles. The molecule has 0 aromatic heterocycles. The van der Waals surface area contributed by atoms with Crippen molar-refractivity contribution >= 4 is 27.5 Å². The quantitative estimate of drug-likeness (QED) is 0.183. The van der Waals surface area contributed by atoms with Gasteiger partial charge in [-0.3, -0.25) is 13.9 Å². The molecule has 0 bridgehead atoms. The molecule has 0 saturated carbocycles. The lowest BCUT2D eigenvalue weighted by Crippen LogP contribution is -2.53. The zero-order valence-electron chi connectivity index (χ0n) is 26.2. The molecular formula is C36H38FN3O6S. The maximum absolute atomic E-state index is 14.5. The number of hydrogen-bond acceptors (Lipinski definition) is 6. The van der Waals surface area contributed by atoms with E-state index in [0.29, 0.717) is 36.8 Å². The number of rotatable bonds is 14. The van der Waals surface area contributed by atoms with E-state index in [0.717, 1.165) is 22.7 Å². The van der Waals surface area contributed by atoms with Crippen LogP contribution in [0.2, 0.25) is 0 Å². The van der Waals surface area contributed by atoms with Gasteiger partial charge in [-0.25, -0.2) is 12.8 Å². The fraction of sp³-hybridized carbons (Fsp3) is 0.278. The molecule has 0 saturated heterocycles. The molecule has 0 fully saturated rings. The van der Waals surface area contributed by atoms with E-state index in [4.69, 9.17) is 9.47 Å². The Kier molecular flexibility index (Phi) is 11.1. The molecule has 0 spiro atoms. The van der Waals surface area contributed by atoms with Crippen molar-refractivity contribution in [2.75, 3.05) is 30.6 Å². The van der Waals surface area contributed by atoms with E-state index < -0.39 is 34.3 Å². The summed E-state index contributed by atoms with van der Waals surface area (Å²) in [6.07, 6.45) is 1.80. The van der Waals surface area contributed by atoms with Gasteiger partial charge in [-0.1, -0.05) is 74.0 Å². The second kappa shape index (κ2) is 15.6. The number of hydrogen-bond donors (Lipinski definition) is 1. The predicted molar refractivity (Wildman–Crippen MR) is 177 cm³/mol. The number of halogens is 1. The fourth-order valence-corrected chi connectivity index (χ4v) is 6.71. The summed E-state index contributed by atoms with van der Waals surface area (Å²) in [5.41, 5.74) is 1.59. The van der Waals surface area contributed by atoms with E-state index in [9.17, 15) is 22.4 Å². The lowest BCUT2D eigenvalue weighted by atomic mass is 10.0. The van der Waals surface area contributed by atoms with E-state index in [1.165, 1.54) is 35.2 Å². The molecule has 0 aliphatic carbocycles. The van der Waals surface area contributed by atoms with Crippen LogP contribution < -0.4 is 19.1 Å². The minimum absolute atomic E-state index is 0.00841. The summed E-state index contributed by atoms with van der Waals surface area (Å²) < 4.78 is 54.6. The van der Waals surface area contributed by atoms with Crippen molar-refractivity contribution in [2.45, 2.75) is 43.7 Å². The highest BCUT2D eigenvalue weighted by atomic mass is 32.2. The number of fused-ring (bicyclic) bond motifs is 1. The van der Waals surface area contributed by atoms with Gasteiger partial charge < -0.3 is 19.7 Å². The van der Waals surface area contributed by atoms with Crippen molar-refractivity contribution in [2.24, 2.45) is 0 Å². The fourth-order valence-electron chi connectivity index (χ4n) is 5.28. The van der Waals surface area contributed by atoms with Gasteiger partial charge in [-0.2, -0.15) is 0 Å². The summed E-state index contributed by atoms with van der Waals surface area (Å²) in [6.45, 7) is 2.41. The van der Waals surface area contributed by atoms with Crippen molar-refractivity contribution in [3.63, 3.8) is 0 Å². The first kappa shape index (κ1) is 33.5. The zero-order chi connectivity index (χ0) is 33.2. The molecule has 1 aliphatic rings. The van der Waals surface area contributed by atoms with Crippen molar-refractivity contribution in [3.05, 3.63) is 120 Å². The third-order valence-electron chi connectivity index (χ3n) is 7.79. The van der Waals surface area contributed by atoms with Gasteiger partial charge in [0.05, 0.1) is 10.6 Å². The summed E-state index contributed by atoms with van der Waals surface area (Å²) >= 11 is 0. The number of anilines is 1. The molecule has 5 rings (SSSR count). The Morgan fingerprint density at radius 3 is 2.19 bits per heavy atom. The molecule has 246 valence electrons. The number of ether oxygens (including phenoxy) is 2. The van der Waals surface area contributed by atoms with E-state index in [2.05, 4.69) is 5.32 Å². The van der Waals surface area contributed by atoms with Crippen LogP contribution in [0.5, 0.6) is 11.5 Å². The smallest absolute Gasteiger partial charge is 0.264 e. The highest BCUT2D eigenvalue weighted by Crippen LogP contribution is 2.36. The summed E-state index contributed by atoms with van der Waals surface area (Å²) in [5.74, 6) is -0.601. The van der Waals surface area contributed by atoms with Gasteiger partial charge in [0.2, 0.25) is 11.8 Å². The molecule has 0 unspecified atom stereocenters. The van der Waals surface area contributed by atoms with Crippen LogP contribution in [0.1, 0.15) is 30.9 Å². The van der Waals surface area contributed by atoms with Gasteiger partial charge in [-0.15, -0.1) is 0 Å². The molecule has 2 amide bonds. The minimum Gasteiger partial charge on any atom is -0.486 e. The topological polar surface area (TPSA) is 105 Å². The molecule has 9 nitrogen and oxygen atoms in total. The van der Waals surface area contributed by atoms with Gasteiger partial charge >= 0.3 is 0 Å². The number of amides is 2. The van der Waals surface area contributed by atoms with Crippen LogP contribution in [0.15, 0.2) is 108 Å². The average molecular weight is 660 g/mol. The van der Waals surface area contributed by atoms with E-state index in [1.807, 2.05) is 37.3 Å². The van der Waals surface area contributed by atoms with Crippen molar-refractivity contribution < 1.29 is 31.9 Å². The first-order valence-corrected chi connectivity index (χ1v) is 17.0. The Labute approximate surface area is 275 Å². The largest absolute Gasteiger partial charge is 0.486 e. The first-order chi connectivity index (χ1) is 22.8. The van der Waals surface area contributed by atoms with Crippen molar-refractivity contribution in [1.82, 2.24) is 10.2 Å². The number of sulfonamides is 1. The second-order valence-corrected chi connectivity index (χ2v) is 13.0. The molecule has 47 heavy (non-hydrogen) atoms. The van der Waals surface area contributed by atoms with Crippen LogP contribution >= 0.6 is 0 Å². The number of carbonyl (C=O) groups is 2. The molecule has 0 radical (unpaired) electrons. The number of nitrogens with zero attached hydrogens (tertiary/aromatic N) is 2. The van der Waals surface area contributed by atoms with E-state index in [-0.39, 0.29) is 29.5 Å². The van der Waals surface area contributed by atoms with E-state index >= 15 is 0 Å². The van der Waals surface area contributed by atoms with Crippen LogP contribution in [-0.2, 0) is 32.6 Å². The molecule has 1 N–H and O–H groups in total. The normalized spacial score (nSPS) is 13.0. The SMILES string of the molecule is CCCCNC(=O)[C@H](Cc1ccccc1)N(Cc1ccc(F)cc1)C(=O)CN(c1ccc2c(c1)OCCO2)S(=O)(=O)c1ccccc1. The Morgan fingerprint density at radius 2 is 1.51 bits per heavy atom. The Bertz CT molecular complexity index is 1750. The number of nitrogens with one attached hydrogen (secondary N) is 1. The number of carbonyl (C=O) groups excluding carboxylic acids is 2. The molecule has 4 aromatic rings. The highest BCUT2D eigenvalue weighted by molar-refractivity contribution is 7.92. The first-order valence-electron chi connectivity index (χ1n) is 15.6. The molecule has 4 aromatic carbocycles. The van der Waals surface area contributed by atoms with Crippen LogP contribution in [0, 0.1) is 5.82 Å². The van der Waals surface area contributed by atoms with Crippen molar-refractivity contribution in [1.29, 1.82) is 0 Å². The van der Waals surface area contributed by atoms with Gasteiger partial charge in [0.1, 0.15) is 31.6 Å². The third-order valence-corrected chi connectivity index (χ3v) is 9.58. The van der Waals surface area contributed by atoms with Gasteiger partial charge in [0, 0.05) is 25.6 Å². The van der Waals surface area contributed by atoms with Crippen molar-refractivity contribution in [3.8, 4) is 11.5 Å². The summed E-state index contributed by atoms with van der Waals surface area (Å²) in [5, 5.41) is 2.95. The molecule has 1 atom stereocenters. The van der Waals surface area contributed by atoms with Crippen LogP contribution in [0.4, 0.5) is 10.1 Å². The van der Waals surface area contributed by atoms with Gasteiger partial charge in [-0.05, 0) is 53.9 Å². The maximum Gasteiger partial charge on any atom is 0.264 e. The Balaban J connectivity index is 1.56. The minimum atomic E-state index is -4.27. The zero-order valence-corrected chi connectivity index (χ0v) is 27.0. The molecule has 11 heteroatoms. The second-order valence-electron chi connectivity index (χ2n) is 11.2. The van der Waals surface area contributed by atoms with Crippen LogP contribution in [0.3, 0.4) is 0 Å². The van der Waals surface area contributed by atoms with Crippen LogP contribution in [-0.4, -0.2) is 57.5 Å². The van der Waals surface area contributed by atoms with Gasteiger partial charge in [0.15, 0.2) is 11.5 Å². The lowest BCUT2D eigenvalue weighted by Gasteiger charge is -2.34. The Hall–Kier alpha value is -4.90. The summed E-state index contributed by atoms with van der Waals surface area (Å²) in [7, 11) is -4.27. The predicted octanol–water partition coefficient (Wildman–Crippen LogP) is 5.35. The summed E-state index contributed by atoms with van der Waals surface area (Å²) in [6, 6.07) is 26.5. The number of unbranched alkanes of at least 4 members (excludes halogenated alkanes) is 1. The van der Waals surface area contributed by atoms with Crippen LogP contribution in [0.25, 0.3) is 0 Å². The highest BCUT2D eigenvalue weighted by Gasteiger charge is 2.35. The molecule has 1 heterocycles. The average Bonchev–Trinajstić information content (AvgIpc) is 3.10. The lowest BCUT2D eigenvalue weighted by molar-refractivity contribution is -0.140. The van der Waals surface area contributed by atoms with Gasteiger partial charge in [0.25, 0.3) is 10.0 Å². The monoisotopic (exact) mass is 659 g/mol. The van der Waals surface area contributed by atoms with E-state index in [1.54, 1.807) is 42.5 Å². The maximum atomic E-state index is 14.5. The third kappa shape index (κ3) is 8.48. The Morgan fingerprint density at radius 1 is 0.851 bits per heavy atom. The molecular weight excluding hydrogens is 621 g/mol. The number of benzene rings is 4.